The van der Waals surface area contributed by atoms with Crippen molar-refractivity contribution in [2.45, 2.75) is 44.3 Å². The number of carbonyl (C=O) groups is 1. The van der Waals surface area contributed by atoms with Crippen LogP contribution in [0.5, 0.6) is 0 Å². The molecular formula is C29H28F3N9O3. The van der Waals surface area contributed by atoms with Crippen molar-refractivity contribution in [1.29, 1.82) is 0 Å². The van der Waals surface area contributed by atoms with Crippen LogP contribution in [0.4, 0.5) is 18.0 Å². The average Bonchev–Trinajstić information content (AvgIpc) is 3.84. The van der Waals surface area contributed by atoms with Crippen LogP contribution in [0.3, 0.4) is 0 Å². The normalized spacial score (nSPS) is 19.7. The molecule has 1 aliphatic carbocycles. The summed E-state index contributed by atoms with van der Waals surface area (Å²) in [7, 11) is 1.22. The lowest BCUT2D eigenvalue weighted by molar-refractivity contribution is 0.123. The number of hydrogen-bond acceptors (Lipinski definition) is 6. The quantitative estimate of drug-likeness (QED) is 0.285. The number of nitrogens with zero attached hydrogens (tertiary/aromatic N) is 7. The molecule has 0 aliphatic heterocycles. The molecule has 1 fully saturated rings. The molecule has 44 heavy (non-hydrogen) atoms. The Balaban J connectivity index is 1.55. The minimum atomic E-state index is -2.94. The van der Waals surface area contributed by atoms with Crippen molar-refractivity contribution in [3.05, 3.63) is 53.2 Å². The van der Waals surface area contributed by atoms with Crippen LogP contribution in [0.1, 0.15) is 33.5 Å². The third-order valence-electron chi connectivity index (χ3n) is 8.11. The molecule has 0 saturated heterocycles. The number of carbonyl (C=O) groups excluding carboxylic acids is 1. The molecule has 1 aliphatic rings. The lowest BCUT2D eigenvalue weighted by Gasteiger charge is -2.15. The van der Waals surface area contributed by atoms with Crippen LogP contribution in [-0.4, -0.2) is 64.3 Å². The minimum Gasteiger partial charge on any atom is -0.453 e. The molecule has 2 atom stereocenters. The van der Waals surface area contributed by atoms with Gasteiger partial charge in [0.05, 0.1) is 52.7 Å². The summed E-state index contributed by atoms with van der Waals surface area (Å²) in [4.78, 5) is 33.6. The fourth-order valence-electron chi connectivity index (χ4n) is 6.26. The van der Waals surface area contributed by atoms with Crippen LogP contribution in [0.15, 0.2) is 41.6 Å². The van der Waals surface area contributed by atoms with E-state index in [1.807, 2.05) is 0 Å². The number of nitrogens with one attached hydrogen (secondary N) is 2. The summed E-state index contributed by atoms with van der Waals surface area (Å²) in [5, 5.41) is 11.0. The lowest BCUT2D eigenvalue weighted by atomic mass is 9.98. The van der Waals surface area contributed by atoms with Crippen molar-refractivity contribution in [2.24, 2.45) is 14.0 Å². The number of H-pyrrole nitrogens is 1. The SMILES string of the molecule is [2H]C([2H])([2H])n1cc(-c2[nH]c3ncc4c(c3c2-c2ccc3c(cnn3CC(F)F)c2)n([C@@H]2CC[C@@H](NC(=O)OC)C2)c(=O)n4C([2H])([2H])[2H])c(F)n1. The third-order valence-corrected chi connectivity index (χ3v) is 8.11. The van der Waals surface area contributed by atoms with E-state index in [0.717, 1.165) is 10.9 Å². The van der Waals surface area contributed by atoms with E-state index in [0.29, 0.717) is 38.6 Å². The number of fused-ring (bicyclic) bond motifs is 4. The fraction of sp³-hybridized carbons (Fsp3) is 0.345. The number of alkyl carbamates (subject to hydrolysis) is 1. The molecule has 1 saturated carbocycles. The number of alkyl halides is 2. The molecular weight excluding hydrogens is 579 g/mol. The second kappa shape index (κ2) is 10.3. The first-order chi connectivity index (χ1) is 23.6. The number of imidazole rings is 1. The Morgan fingerprint density at radius 1 is 1.25 bits per heavy atom. The van der Waals surface area contributed by atoms with E-state index in [4.69, 9.17) is 13.0 Å². The van der Waals surface area contributed by atoms with E-state index in [2.05, 4.69) is 25.5 Å². The van der Waals surface area contributed by atoms with Crippen molar-refractivity contribution in [2.75, 3.05) is 7.11 Å². The van der Waals surface area contributed by atoms with Crippen molar-refractivity contribution in [1.82, 2.24) is 44.0 Å². The number of ether oxygens (including phenoxy) is 1. The largest absolute Gasteiger partial charge is 0.453 e. The van der Waals surface area contributed by atoms with Crippen LogP contribution in [0.25, 0.3) is 55.4 Å². The maximum atomic E-state index is 15.6. The number of aromatic nitrogens is 8. The zero-order chi connectivity index (χ0) is 35.9. The highest BCUT2D eigenvalue weighted by Crippen LogP contribution is 2.43. The molecule has 2 N–H and O–H groups in total. The average molecular weight is 614 g/mol. The van der Waals surface area contributed by atoms with Gasteiger partial charge >= 0.3 is 11.8 Å². The summed E-state index contributed by atoms with van der Waals surface area (Å²) in [5.41, 5.74) is 0.0471. The molecule has 6 aromatic rings. The molecule has 15 heteroatoms. The number of rotatable bonds is 6. The number of benzene rings is 1. The molecule has 1 amide bonds. The van der Waals surface area contributed by atoms with Crippen molar-refractivity contribution >= 4 is 39.1 Å². The molecule has 0 bridgehead atoms. The Labute approximate surface area is 255 Å². The highest BCUT2D eigenvalue weighted by atomic mass is 19.3. The fourth-order valence-corrected chi connectivity index (χ4v) is 6.26. The Morgan fingerprint density at radius 3 is 2.86 bits per heavy atom. The maximum absolute atomic E-state index is 15.6. The van der Waals surface area contributed by atoms with E-state index in [9.17, 15) is 18.4 Å². The van der Waals surface area contributed by atoms with Crippen LogP contribution in [0.2, 0.25) is 0 Å². The summed E-state index contributed by atoms with van der Waals surface area (Å²) in [6.45, 7) is -6.43. The van der Waals surface area contributed by atoms with Crippen molar-refractivity contribution in [3.63, 3.8) is 0 Å². The highest BCUT2D eigenvalue weighted by Gasteiger charge is 2.32. The second-order valence-corrected chi connectivity index (χ2v) is 10.6. The Bertz CT molecular complexity index is 2360. The number of halogens is 3. The van der Waals surface area contributed by atoms with E-state index in [-0.39, 0.29) is 45.3 Å². The summed E-state index contributed by atoms with van der Waals surface area (Å²) in [5.74, 6) is -1.14. The van der Waals surface area contributed by atoms with Gasteiger partial charge in [0.25, 0.3) is 6.43 Å². The molecule has 5 heterocycles. The monoisotopic (exact) mass is 613 g/mol. The van der Waals surface area contributed by atoms with E-state index >= 15 is 4.39 Å². The van der Waals surface area contributed by atoms with Gasteiger partial charge in [-0.05, 0) is 37.0 Å². The van der Waals surface area contributed by atoms with Gasteiger partial charge in [-0.15, -0.1) is 5.10 Å². The Morgan fingerprint density at radius 2 is 2.11 bits per heavy atom. The number of methoxy groups -OCH3 is 1. The zero-order valence-corrected chi connectivity index (χ0v) is 23.0. The smallest absolute Gasteiger partial charge is 0.407 e. The highest BCUT2D eigenvalue weighted by molar-refractivity contribution is 6.14. The summed E-state index contributed by atoms with van der Waals surface area (Å²) in [6.07, 6.45) is 1.33. The van der Waals surface area contributed by atoms with Gasteiger partial charge in [0.15, 0.2) is 0 Å². The Hall–Kier alpha value is -5.08. The van der Waals surface area contributed by atoms with Gasteiger partial charge in [-0.1, -0.05) is 6.07 Å². The number of aryl methyl sites for hydroxylation is 2. The number of pyridine rings is 1. The number of aromatic amines is 1. The van der Waals surface area contributed by atoms with Crippen molar-refractivity contribution < 1.29 is 30.9 Å². The molecule has 1 aromatic carbocycles. The van der Waals surface area contributed by atoms with Gasteiger partial charge in [-0.2, -0.15) is 9.49 Å². The van der Waals surface area contributed by atoms with Gasteiger partial charge in [-0.3, -0.25) is 18.5 Å². The Kier molecular flexibility index (Phi) is 5.04. The zero-order valence-electron chi connectivity index (χ0n) is 29.0. The molecule has 12 nitrogen and oxygen atoms in total. The van der Waals surface area contributed by atoms with Gasteiger partial charge < -0.3 is 15.0 Å². The van der Waals surface area contributed by atoms with Gasteiger partial charge in [0, 0.05) is 51.4 Å². The summed E-state index contributed by atoms with van der Waals surface area (Å²) >= 11 is 0. The number of hydrogen-bond donors (Lipinski definition) is 2. The van der Waals surface area contributed by atoms with Gasteiger partial charge in [-0.25, -0.2) is 23.4 Å². The third kappa shape index (κ3) is 4.33. The minimum absolute atomic E-state index is 0.0182. The lowest BCUT2D eigenvalue weighted by Crippen LogP contribution is -2.33. The first-order valence-electron chi connectivity index (χ1n) is 16.6. The van der Waals surface area contributed by atoms with Crippen LogP contribution >= 0.6 is 0 Å². The maximum Gasteiger partial charge on any atom is 0.407 e. The van der Waals surface area contributed by atoms with Crippen LogP contribution in [-0.2, 0) is 25.2 Å². The molecule has 7 rings (SSSR count). The standard InChI is InChI=1S/C29H28F3N9O3/c1-38-12-18(26(32)37-38)24-22(14-4-7-19-15(8-14)10-34-40(19)13-21(30)31)23-25-20(11-33-27(23)36-24)39(2)29(43)41(25)17-6-5-16(9-17)35-28(42)44-3/h4,7-8,10-12,16-17,21H,5-6,9,13H2,1-3H3,(H,33,36)(H,35,42)/t16-,17-/m1/s1/i1D3,2D3. The van der Waals surface area contributed by atoms with E-state index in [1.165, 1.54) is 24.1 Å². The molecule has 5 aromatic heterocycles. The molecule has 0 unspecified atom stereocenters. The van der Waals surface area contributed by atoms with Gasteiger partial charge in [0.1, 0.15) is 12.2 Å². The molecule has 228 valence electrons. The first-order valence-corrected chi connectivity index (χ1v) is 13.6. The summed E-state index contributed by atoms with van der Waals surface area (Å²) in [6, 6.07) is 3.72. The van der Waals surface area contributed by atoms with E-state index < -0.39 is 56.7 Å². The summed E-state index contributed by atoms with van der Waals surface area (Å²) < 4.78 is 98.4. The molecule has 0 radical (unpaired) electrons. The van der Waals surface area contributed by atoms with Crippen LogP contribution in [0, 0.1) is 5.95 Å². The predicted molar refractivity (Wildman–Crippen MR) is 156 cm³/mol. The van der Waals surface area contributed by atoms with Crippen LogP contribution < -0.4 is 11.0 Å². The molecule has 0 spiro atoms. The number of amides is 1. The van der Waals surface area contributed by atoms with Gasteiger partial charge in [0.2, 0.25) is 5.95 Å². The van der Waals surface area contributed by atoms with E-state index in [1.54, 1.807) is 18.2 Å². The second-order valence-electron chi connectivity index (χ2n) is 10.6. The topological polar surface area (TPSA) is 130 Å². The predicted octanol–water partition coefficient (Wildman–Crippen LogP) is 4.49. The first kappa shape index (κ1) is 21.6. The van der Waals surface area contributed by atoms with Crippen molar-refractivity contribution in [3.8, 4) is 22.4 Å².